The number of hydrogen-bond donors (Lipinski definition) is 3. The number of aliphatic hydroxyl groups is 1. The summed E-state index contributed by atoms with van der Waals surface area (Å²) in [5.41, 5.74) is 4.16. The van der Waals surface area contributed by atoms with E-state index in [4.69, 9.17) is 10.5 Å². The number of amides is 1. The van der Waals surface area contributed by atoms with Crippen molar-refractivity contribution in [3.05, 3.63) is 0 Å². The first kappa shape index (κ1) is 13.3. The van der Waals surface area contributed by atoms with Gasteiger partial charge in [0, 0.05) is 12.6 Å². The molecule has 0 aromatic rings. The summed E-state index contributed by atoms with van der Waals surface area (Å²) >= 11 is 0. The van der Waals surface area contributed by atoms with E-state index in [-0.39, 0.29) is 12.6 Å². The molecule has 1 unspecified atom stereocenters. The van der Waals surface area contributed by atoms with Gasteiger partial charge in [0.2, 0.25) is 0 Å². The molecule has 0 aliphatic heterocycles. The number of alkyl carbamates (subject to hydrolysis) is 1. The Labute approximate surface area is 96.3 Å². The number of carbonyl (C=O) groups is 1. The van der Waals surface area contributed by atoms with Gasteiger partial charge in [0.15, 0.2) is 0 Å². The zero-order valence-corrected chi connectivity index (χ0v) is 10.2. The van der Waals surface area contributed by atoms with Gasteiger partial charge in [-0.05, 0) is 40.0 Å². The van der Waals surface area contributed by atoms with Crippen LogP contribution in [0.3, 0.4) is 0 Å². The van der Waals surface area contributed by atoms with Gasteiger partial charge in [-0.3, -0.25) is 0 Å². The summed E-state index contributed by atoms with van der Waals surface area (Å²) in [6.07, 6.45) is 1.44. The first-order valence-corrected chi connectivity index (χ1v) is 5.66. The minimum atomic E-state index is -0.820. The SMILES string of the molecule is CC(C)(C)OC(=O)N[C@H]1CCC(O)(CN)C1. The molecule has 94 valence electrons. The second kappa shape index (κ2) is 4.59. The Hall–Kier alpha value is -0.810. The van der Waals surface area contributed by atoms with E-state index in [0.29, 0.717) is 12.8 Å². The third-order valence-electron chi connectivity index (χ3n) is 2.69. The lowest BCUT2D eigenvalue weighted by Gasteiger charge is -2.23. The van der Waals surface area contributed by atoms with E-state index >= 15 is 0 Å². The molecular weight excluding hydrogens is 208 g/mol. The van der Waals surface area contributed by atoms with E-state index in [0.717, 1.165) is 6.42 Å². The van der Waals surface area contributed by atoms with E-state index < -0.39 is 17.3 Å². The van der Waals surface area contributed by atoms with Crippen LogP contribution in [-0.4, -0.2) is 35.0 Å². The van der Waals surface area contributed by atoms with E-state index in [1.54, 1.807) is 0 Å². The van der Waals surface area contributed by atoms with Crippen LogP contribution in [0, 0.1) is 0 Å². The smallest absolute Gasteiger partial charge is 0.407 e. The van der Waals surface area contributed by atoms with Gasteiger partial charge in [-0.25, -0.2) is 4.79 Å². The first-order chi connectivity index (χ1) is 7.24. The molecule has 5 heteroatoms. The van der Waals surface area contributed by atoms with E-state index in [9.17, 15) is 9.90 Å². The molecule has 0 aromatic heterocycles. The number of nitrogens with one attached hydrogen (secondary N) is 1. The minimum absolute atomic E-state index is 0.0385. The van der Waals surface area contributed by atoms with Crippen LogP contribution in [0.2, 0.25) is 0 Å². The highest BCUT2D eigenvalue weighted by molar-refractivity contribution is 5.68. The van der Waals surface area contributed by atoms with Crippen molar-refractivity contribution in [2.45, 2.75) is 57.3 Å². The van der Waals surface area contributed by atoms with Crippen molar-refractivity contribution in [2.24, 2.45) is 5.73 Å². The maximum absolute atomic E-state index is 11.5. The normalized spacial score (nSPS) is 30.2. The molecule has 16 heavy (non-hydrogen) atoms. The van der Waals surface area contributed by atoms with Crippen molar-refractivity contribution in [3.8, 4) is 0 Å². The average Bonchev–Trinajstić information content (AvgIpc) is 2.45. The largest absolute Gasteiger partial charge is 0.444 e. The van der Waals surface area contributed by atoms with Crippen LogP contribution in [0.15, 0.2) is 0 Å². The Morgan fingerprint density at radius 1 is 1.62 bits per heavy atom. The van der Waals surface area contributed by atoms with Gasteiger partial charge in [-0.15, -0.1) is 0 Å². The van der Waals surface area contributed by atoms with Crippen LogP contribution >= 0.6 is 0 Å². The molecule has 1 fully saturated rings. The average molecular weight is 230 g/mol. The number of carbonyl (C=O) groups excluding carboxylic acids is 1. The van der Waals surface area contributed by atoms with Gasteiger partial charge in [0.05, 0.1) is 5.60 Å². The van der Waals surface area contributed by atoms with Crippen molar-refractivity contribution in [3.63, 3.8) is 0 Å². The molecular formula is C11H22N2O3. The molecule has 1 rings (SSSR count). The van der Waals surface area contributed by atoms with Gasteiger partial charge in [0.1, 0.15) is 5.60 Å². The summed E-state index contributed by atoms with van der Waals surface area (Å²) in [7, 11) is 0. The van der Waals surface area contributed by atoms with Crippen molar-refractivity contribution < 1.29 is 14.6 Å². The van der Waals surface area contributed by atoms with Gasteiger partial charge in [-0.1, -0.05) is 0 Å². The maximum Gasteiger partial charge on any atom is 0.407 e. The first-order valence-electron chi connectivity index (χ1n) is 5.66. The fourth-order valence-corrected chi connectivity index (χ4v) is 1.89. The topological polar surface area (TPSA) is 84.6 Å². The highest BCUT2D eigenvalue weighted by Crippen LogP contribution is 2.29. The Morgan fingerprint density at radius 3 is 2.69 bits per heavy atom. The number of nitrogens with two attached hydrogens (primary N) is 1. The van der Waals surface area contributed by atoms with Crippen molar-refractivity contribution in [1.82, 2.24) is 5.32 Å². The molecule has 2 atom stereocenters. The summed E-state index contributed by atoms with van der Waals surface area (Å²) in [6.45, 7) is 5.69. The fourth-order valence-electron chi connectivity index (χ4n) is 1.89. The summed E-state index contributed by atoms with van der Waals surface area (Å²) in [6, 6.07) is -0.0385. The molecule has 0 spiro atoms. The predicted octanol–water partition coefficient (Wildman–Crippen LogP) is 0.753. The predicted molar refractivity (Wildman–Crippen MR) is 61.0 cm³/mol. The van der Waals surface area contributed by atoms with Crippen molar-refractivity contribution in [2.75, 3.05) is 6.54 Å². The lowest BCUT2D eigenvalue weighted by Crippen LogP contribution is -2.41. The van der Waals surface area contributed by atoms with Crippen LogP contribution in [0.4, 0.5) is 4.79 Å². The maximum atomic E-state index is 11.5. The van der Waals surface area contributed by atoms with Crippen LogP contribution in [0.1, 0.15) is 40.0 Å². The van der Waals surface area contributed by atoms with Gasteiger partial charge < -0.3 is 20.9 Å². The third kappa shape index (κ3) is 3.98. The van der Waals surface area contributed by atoms with Crippen molar-refractivity contribution >= 4 is 6.09 Å². The summed E-state index contributed by atoms with van der Waals surface area (Å²) < 4.78 is 5.14. The van der Waals surface area contributed by atoms with Gasteiger partial charge in [0.25, 0.3) is 0 Å². The fraction of sp³-hybridized carbons (Fsp3) is 0.909. The molecule has 0 aromatic carbocycles. The summed E-state index contributed by atoms with van der Waals surface area (Å²) in [5, 5.41) is 12.6. The minimum Gasteiger partial charge on any atom is -0.444 e. The van der Waals surface area contributed by atoms with E-state index in [2.05, 4.69) is 5.32 Å². The summed E-state index contributed by atoms with van der Waals surface area (Å²) in [4.78, 5) is 11.5. The molecule has 5 nitrogen and oxygen atoms in total. The molecule has 0 bridgehead atoms. The standard InChI is InChI=1S/C11H22N2O3/c1-10(2,3)16-9(14)13-8-4-5-11(15,6-8)7-12/h8,15H,4-7,12H2,1-3H3,(H,13,14)/t8-,11?/m0/s1. The lowest BCUT2D eigenvalue weighted by atomic mass is 10.0. The number of rotatable bonds is 2. The molecule has 0 heterocycles. The molecule has 1 saturated carbocycles. The van der Waals surface area contributed by atoms with E-state index in [1.165, 1.54) is 0 Å². The Bertz CT molecular complexity index is 262. The highest BCUT2D eigenvalue weighted by atomic mass is 16.6. The second-order valence-electron chi connectivity index (χ2n) is 5.51. The zero-order valence-electron chi connectivity index (χ0n) is 10.2. The van der Waals surface area contributed by atoms with Crippen molar-refractivity contribution in [1.29, 1.82) is 0 Å². The quantitative estimate of drug-likeness (QED) is 0.653. The third-order valence-corrected chi connectivity index (χ3v) is 2.69. The van der Waals surface area contributed by atoms with E-state index in [1.807, 2.05) is 20.8 Å². The molecule has 0 radical (unpaired) electrons. The molecule has 1 aliphatic carbocycles. The van der Waals surface area contributed by atoms with Crippen LogP contribution < -0.4 is 11.1 Å². The van der Waals surface area contributed by atoms with Gasteiger partial charge in [-0.2, -0.15) is 0 Å². The zero-order chi connectivity index (χ0) is 12.4. The Kier molecular flexibility index (Phi) is 3.80. The molecule has 1 aliphatic rings. The molecule has 4 N–H and O–H groups in total. The molecule has 1 amide bonds. The van der Waals surface area contributed by atoms with Crippen LogP contribution in [-0.2, 0) is 4.74 Å². The Balaban J connectivity index is 2.37. The van der Waals surface area contributed by atoms with Gasteiger partial charge >= 0.3 is 6.09 Å². The number of ether oxygens (including phenoxy) is 1. The second-order valence-corrected chi connectivity index (χ2v) is 5.51. The number of hydrogen-bond acceptors (Lipinski definition) is 4. The monoisotopic (exact) mass is 230 g/mol. The lowest BCUT2D eigenvalue weighted by molar-refractivity contribution is 0.0444. The van der Waals surface area contributed by atoms with Crippen LogP contribution in [0.5, 0.6) is 0 Å². The highest BCUT2D eigenvalue weighted by Gasteiger charge is 2.37. The van der Waals surface area contributed by atoms with Crippen LogP contribution in [0.25, 0.3) is 0 Å². The summed E-state index contributed by atoms with van der Waals surface area (Å²) in [5.74, 6) is 0. The Morgan fingerprint density at radius 2 is 2.25 bits per heavy atom. The molecule has 0 saturated heterocycles.